The monoisotopic (exact) mass is 199 g/mol. The molecule has 13 heavy (non-hydrogen) atoms. The Morgan fingerprint density at radius 3 is 2.69 bits per heavy atom. The van der Waals surface area contributed by atoms with Gasteiger partial charge in [-0.1, -0.05) is 6.92 Å². The highest BCUT2D eigenvalue weighted by Crippen LogP contribution is 2.03. The molecule has 0 aliphatic heterocycles. The normalized spacial score (nSPS) is 10.7. The lowest BCUT2D eigenvalue weighted by molar-refractivity contribution is 0.584. The maximum absolute atomic E-state index is 4.30. The molecule has 0 N–H and O–H groups in total. The molecule has 3 nitrogen and oxygen atoms in total. The predicted molar refractivity (Wildman–Crippen MR) is 57.1 cm³/mol. The molecule has 0 bridgehead atoms. The van der Waals surface area contributed by atoms with Gasteiger partial charge < -0.3 is 0 Å². The molecule has 0 radical (unpaired) electrons. The quantitative estimate of drug-likeness (QED) is 0.680. The Balaban J connectivity index is 2.32. The summed E-state index contributed by atoms with van der Waals surface area (Å²) in [5.41, 5.74) is 0. The summed E-state index contributed by atoms with van der Waals surface area (Å²) >= 11 is 1.98. The standard InChI is InChI=1S/C9H17N3S/c1-4-13-7-5-6-12-9(3)10-8(2)11-12/h4-7H2,1-3H3. The smallest absolute Gasteiger partial charge is 0.147 e. The van der Waals surface area contributed by atoms with Gasteiger partial charge in [-0.2, -0.15) is 16.9 Å². The molecule has 74 valence electrons. The van der Waals surface area contributed by atoms with E-state index in [0.29, 0.717) is 0 Å². The topological polar surface area (TPSA) is 30.7 Å². The van der Waals surface area contributed by atoms with E-state index in [1.165, 1.54) is 17.9 Å². The number of hydrogen-bond donors (Lipinski definition) is 0. The third-order valence-electron chi connectivity index (χ3n) is 1.83. The number of hydrogen-bond acceptors (Lipinski definition) is 3. The minimum absolute atomic E-state index is 0.876. The van der Waals surface area contributed by atoms with E-state index >= 15 is 0 Å². The molecule has 1 heterocycles. The molecule has 4 heteroatoms. The molecule has 0 aliphatic rings. The van der Waals surface area contributed by atoms with Crippen LogP contribution in [0.25, 0.3) is 0 Å². The van der Waals surface area contributed by atoms with Crippen molar-refractivity contribution in [2.45, 2.75) is 33.7 Å². The molecular weight excluding hydrogens is 182 g/mol. The molecule has 0 aliphatic carbocycles. The van der Waals surface area contributed by atoms with Crippen molar-refractivity contribution >= 4 is 11.8 Å². The van der Waals surface area contributed by atoms with Crippen molar-refractivity contribution in [3.05, 3.63) is 11.6 Å². The van der Waals surface area contributed by atoms with Crippen LogP contribution >= 0.6 is 11.8 Å². The lowest BCUT2D eigenvalue weighted by Crippen LogP contribution is -2.03. The average molecular weight is 199 g/mol. The molecule has 0 fully saturated rings. The number of thioether (sulfide) groups is 1. The first-order chi connectivity index (χ1) is 6.24. The molecule has 1 aromatic rings. The van der Waals surface area contributed by atoms with Gasteiger partial charge in [-0.25, -0.2) is 4.98 Å². The van der Waals surface area contributed by atoms with Crippen molar-refractivity contribution in [2.75, 3.05) is 11.5 Å². The van der Waals surface area contributed by atoms with Crippen LogP contribution in [-0.4, -0.2) is 26.3 Å². The molecule has 0 saturated carbocycles. The predicted octanol–water partition coefficient (Wildman–Crippen LogP) is 2.04. The minimum atomic E-state index is 0.876. The first kappa shape index (κ1) is 10.6. The van der Waals surface area contributed by atoms with Gasteiger partial charge in [0.1, 0.15) is 11.6 Å². The van der Waals surface area contributed by atoms with Crippen LogP contribution in [0.1, 0.15) is 25.0 Å². The van der Waals surface area contributed by atoms with Gasteiger partial charge in [0.25, 0.3) is 0 Å². The highest BCUT2D eigenvalue weighted by atomic mass is 32.2. The van der Waals surface area contributed by atoms with Crippen molar-refractivity contribution in [1.82, 2.24) is 14.8 Å². The van der Waals surface area contributed by atoms with Crippen LogP contribution in [0, 0.1) is 13.8 Å². The van der Waals surface area contributed by atoms with Crippen LogP contribution in [0.15, 0.2) is 0 Å². The Labute approximate surface area is 83.9 Å². The third-order valence-corrected chi connectivity index (χ3v) is 2.81. The number of nitrogens with zero attached hydrogens (tertiary/aromatic N) is 3. The number of aryl methyl sites for hydroxylation is 3. The van der Waals surface area contributed by atoms with Crippen molar-refractivity contribution in [3.8, 4) is 0 Å². The van der Waals surface area contributed by atoms with Crippen LogP contribution in [0.3, 0.4) is 0 Å². The largest absolute Gasteiger partial charge is 0.250 e. The molecule has 0 amide bonds. The summed E-state index contributed by atoms with van der Waals surface area (Å²) in [5.74, 6) is 4.32. The van der Waals surface area contributed by atoms with Crippen molar-refractivity contribution < 1.29 is 0 Å². The van der Waals surface area contributed by atoms with Gasteiger partial charge in [-0.15, -0.1) is 0 Å². The van der Waals surface area contributed by atoms with Crippen molar-refractivity contribution in [1.29, 1.82) is 0 Å². The Morgan fingerprint density at radius 1 is 1.38 bits per heavy atom. The first-order valence-electron chi connectivity index (χ1n) is 4.70. The van der Waals surface area contributed by atoms with Crippen LogP contribution in [0.4, 0.5) is 0 Å². The summed E-state index contributed by atoms with van der Waals surface area (Å²) in [6.45, 7) is 7.13. The van der Waals surface area contributed by atoms with E-state index < -0.39 is 0 Å². The Bertz CT molecular complexity index is 257. The summed E-state index contributed by atoms with van der Waals surface area (Å²) in [5, 5.41) is 4.30. The average Bonchev–Trinajstić information content (AvgIpc) is 2.39. The highest BCUT2D eigenvalue weighted by Gasteiger charge is 2.00. The van der Waals surface area contributed by atoms with Crippen LogP contribution in [0.2, 0.25) is 0 Å². The lowest BCUT2D eigenvalue weighted by Gasteiger charge is -2.01. The number of rotatable bonds is 5. The van der Waals surface area contributed by atoms with Gasteiger partial charge in [0.2, 0.25) is 0 Å². The Hall–Kier alpha value is -0.510. The van der Waals surface area contributed by atoms with Gasteiger partial charge in [0.05, 0.1) is 0 Å². The fraction of sp³-hybridized carbons (Fsp3) is 0.778. The van der Waals surface area contributed by atoms with E-state index in [1.807, 2.05) is 30.3 Å². The van der Waals surface area contributed by atoms with Gasteiger partial charge in [-0.05, 0) is 31.8 Å². The van der Waals surface area contributed by atoms with E-state index in [-0.39, 0.29) is 0 Å². The second-order valence-electron chi connectivity index (χ2n) is 2.98. The molecule has 1 aromatic heterocycles. The SMILES string of the molecule is CCSCCCn1nc(C)nc1C. The van der Waals surface area contributed by atoms with E-state index in [0.717, 1.165) is 18.2 Å². The van der Waals surface area contributed by atoms with Gasteiger partial charge in [0, 0.05) is 6.54 Å². The van der Waals surface area contributed by atoms with Crippen LogP contribution in [-0.2, 0) is 6.54 Å². The molecular formula is C9H17N3S. The fourth-order valence-corrected chi connectivity index (χ4v) is 1.86. The van der Waals surface area contributed by atoms with E-state index in [4.69, 9.17) is 0 Å². The molecule has 0 saturated heterocycles. The molecule has 0 unspecified atom stereocenters. The molecule has 1 rings (SSSR count). The maximum Gasteiger partial charge on any atom is 0.147 e. The molecule has 0 spiro atoms. The zero-order valence-electron chi connectivity index (χ0n) is 8.58. The fourth-order valence-electron chi connectivity index (χ4n) is 1.23. The van der Waals surface area contributed by atoms with Crippen LogP contribution < -0.4 is 0 Å². The summed E-state index contributed by atoms with van der Waals surface area (Å²) in [6.07, 6.45) is 1.18. The summed E-state index contributed by atoms with van der Waals surface area (Å²) in [6, 6.07) is 0. The molecule has 0 atom stereocenters. The highest BCUT2D eigenvalue weighted by molar-refractivity contribution is 7.99. The van der Waals surface area contributed by atoms with Gasteiger partial charge in [-0.3, -0.25) is 4.68 Å². The van der Waals surface area contributed by atoms with Crippen molar-refractivity contribution in [3.63, 3.8) is 0 Å². The third kappa shape index (κ3) is 3.38. The summed E-state index contributed by atoms with van der Waals surface area (Å²) in [4.78, 5) is 4.26. The van der Waals surface area contributed by atoms with Crippen molar-refractivity contribution in [2.24, 2.45) is 0 Å². The summed E-state index contributed by atoms with van der Waals surface area (Å²) < 4.78 is 1.99. The van der Waals surface area contributed by atoms with Gasteiger partial charge >= 0.3 is 0 Å². The molecule has 0 aromatic carbocycles. The van der Waals surface area contributed by atoms with Gasteiger partial charge in [0.15, 0.2) is 0 Å². The number of aromatic nitrogens is 3. The Morgan fingerprint density at radius 2 is 2.15 bits per heavy atom. The lowest BCUT2D eigenvalue weighted by atomic mass is 10.5. The second kappa shape index (κ2) is 5.27. The Kier molecular flexibility index (Phi) is 4.28. The van der Waals surface area contributed by atoms with E-state index in [9.17, 15) is 0 Å². The minimum Gasteiger partial charge on any atom is -0.250 e. The zero-order chi connectivity index (χ0) is 9.68. The second-order valence-corrected chi connectivity index (χ2v) is 4.37. The van der Waals surface area contributed by atoms with Crippen LogP contribution in [0.5, 0.6) is 0 Å². The maximum atomic E-state index is 4.30. The first-order valence-corrected chi connectivity index (χ1v) is 5.85. The summed E-state index contributed by atoms with van der Waals surface area (Å²) in [7, 11) is 0. The van der Waals surface area contributed by atoms with E-state index in [1.54, 1.807) is 0 Å². The van der Waals surface area contributed by atoms with E-state index in [2.05, 4.69) is 17.0 Å². The zero-order valence-corrected chi connectivity index (χ0v) is 9.39.